The first-order valence-electron chi connectivity index (χ1n) is 7.96. The SMILES string of the molecule is Cc1ccc([S@@](=O)(=NN2C(=O)c3ccccc3C2=O)C(C)(C)C)cc1. The van der Waals surface area contributed by atoms with Gasteiger partial charge in [-0.3, -0.25) is 9.59 Å². The number of aryl methyl sites for hydroxylation is 1. The van der Waals surface area contributed by atoms with E-state index in [-0.39, 0.29) is 11.1 Å². The fourth-order valence-electron chi connectivity index (χ4n) is 2.61. The van der Waals surface area contributed by atoms with Crippen LogP contribution in [0.2, 0.25) is 0 Å². The van der Waals surface area contributed by atoms with E-state index in [4.69, 9.17) is 0 Å². The van der Waals surface area contributed by atoms with E-state index < -0.39 is 26.3 Å². The zero-order valence-corrected chi connectivity index (χ0v) is 15.5. The van der Waals surface area contributed by atoms with Crippen LogP contribution in [0.25, 0.3) is 0 Å². The van der Waals surface area contributed by atoms with Crippen LogP contribution in [0, 0.1) is 6.92 Å². The van der Waals surface area contributed by atoms with Crippen molar-refractivity contribution >= 4 is 21.5 Å². The molecule has 2 aromatic carbocycles. The second kappa shape index (κ2) is 5.81. The number of imide groups is 1. The second-order valence-electron chi connectivity index (χ2n) is 7.00. The maximum atomic E-state index is 13.8. The first kappa shape index (κ1) is 17.4. The molecule has 2 aromatic rings. The first-order chi connectivity index (χ1) is 11.6. The molecule has 0 saturated carbocycles. The van der Waals surface area contributed by atoms with E-state index in [0.29, 0.717) is 4.90 Å². The molecular weight excluding hydrogens is 336 g/mol. The molecule has 25 heavy (non-hydrogen) atoms. The lowest BCUT2D eigenvalue weighted by Crippen LogP contribution is -2.33. The Morgan fingerprint density at radius 3 is 1.80 bits per heavy atom. The van der Waals surface area contributed by atoms with Gasteiger partial charge in [-0.1, -0.05) is 29.8 Å². The van der Waals surface area contributed by atoms with Gasteiger partial charge >= 0.3 is 0 Å². The molecule has 1 heterocycles. The van der Waals surface area contributed by atoms with Gasteiger partial charge in [0.2, 0.25) is 0 Å². The summed E-state index contributed by atoms with van der Waals surface area (Å²) in [6.45, 7) is 7.30. The van der Waals surface area contributed by atoms with Crippen molar-refractivity contribution in [2.75, 3.05) is 0 Å². The molecule has 130 valence electrons. The topological polar surface area (TPSA) is 66.8 Å². The van der Waals surface area contributed by atoms with Gasteiger partial charge in [0.05, 0.1) is 15.9 Å². The van der Waals surface area contributed by atoms with Crippen LogP contribution in [-0.4, -0.2) is 25.8 Å². The molecule has 0 fully saturated rings. The van der Waals surface area contributed by atoms with E-state index in [0.717, 1.165) is 10.6 Å². The van der Waals surface area contributed by atoms with Gasteiger partial charge in [-0.2, -0.15) is 0 Å². The zero-order valence-electron chi connectivity index (χ0n) is 14.6. The summed E-state index contributed by atoms with van der Waals surface area (Å²) in [6, 6.07) is 13.7. The lowest BCUT2D eigenvalue weighted by atomic mass is 10.1. The fourth-order valence-corrected chi connectivity index (χ4v) is 4.54. The Bertz CT molecular complexity index is 943. The molecule has 1 aliphatic heterocycles. The third-order valence-corrected chi connectivity index (χ3v) is 7.10. The Morgan fingerprint density at radius 2 is 1.36 bits per heavy atom. The number of carbonyl (C=O) groups excluding carboxylic acids is 2. The first-order valence-corrected chi connectivity index (χ1v) is 9.48. The zero-order chi connectivity index (χ0) is 18.4. The Labute approximate surface area is 147 Å². The van der Waals surface area contributed by atoms with Gasteiger partial charge in [-0.05, 0) is 52.0 Å². The van der Waals surface area contributed by atoms with Crippen molar-refractivity contribution in [1.82, 2.24) is 5.01 Å². The normalized spacial score (nSPS) is 16.6. The van der Waals surface area contributed by atoms with E-state index >= 15 is 0 Å². The summed E-state index contributed by atoms with van der Waals surface area (Å²) in [5, 5.41) is 0.762. The van der Waals surface area contributed by atoms with Crippen molar-refractivity contribution in [3.8, 4) is 0 Å². The standard InChI is InChI=1S/C19H20N2O3S/c1-13-9-11-14(12-10-13)25(24,19(2,3)4)20-21-17(22)15-7-5-6-8-16(15)18(21)23/h5-12H,1-4H3/t25-/m0/s1. The number of amides is 2. The summed E-state index contributed by atoms with van der Waals surface area (Å²) in [5.74, 6) is -1.07. The van der Waals surface area contributed by atoms with E-state index in [1.807, 2.05) is 19.1 Å². The molecule has 0 aromatic heterocycles. The van der Waals surface area contributed by atoms with E-state index in [9.17, 15) is 13.8 Å². The minimum absolute atomic E-state index is 0.288. The minimum Gasteiger partial charge on any atom is -0.267 e. The summed E-state index contributed by atoms with van der Waals surface area (Å²) in [5.41, 5.74) is 1.60. The molecule has 3 rings (SSSR count). The summed E-state index contributed by atoms with van der Waals surface area (Å²) in [4.78, 5) is 25.7. The molecule has 5 nitrogen and oxygen atoms in total. The Balaban J connectivity index is 2.19. The maximum Gasteiger partial charge on any atom is 0.282 e. The maximum absolute atomic E-state index is 13.8. The molecular formula is C19H20N2O3S. The lowest BCUT2D eigenvalue weighted by Gasteiger charge is -2.25. The van der Waals surface area contributed by atoms with Gasteiger partial charge in [0.15, 0.2) is 0 Å². The van der Waals surface area contributed by atoms with Gasteiger partial charge in [0.1, 0.15) is 9.73 Å². The Kier molecular flexibility index (Phi) is 4.03. The fraction of sp³-hybridized carbons (Fsp3) is 0.263. The van der Waals surface area contributed by atoms with E-state index in [1.54, 1.807) is 57.2 Å². The van der Waals surface area contributed by atoms with Crippen LogP contribution in [0.5, 0.6) is 0 Å². The van der Waals surface area contributed by atoms with Crippen LogP contribution < -0.4 is 0 Å². The van der Waals surface area contributed by atoms with Crippen molar-refractivity contribution in [1.29, 1.82) is 0 Å². The van der Waals surface area contributed by atoms with Crippen LogP contribution in [-0.2, 0) is 9.73 Å². The Morgan fingerprint density at radius 1 is 0.880 bits per heavy atom. The predicted octanol–water partition coefficient (Wildman–Crippen LogP) is 3.83. The largest absolute Gasteiger partial charge is 0.282 e. The molecule has 0 bridgehead atoms. The lowest BCUT2D eigenvalue weighted by molar-refractivity contribution is 0.0661. The number of fused-ring (bicyclic) bond motifs is 1. The molecule has 0 aliphatic carbocycles. The van der Waals surface area contributed by atoms with E-state index in [2.05, 4.69) is 4.47 Å². The van der Waals surface area contributed by atoms with Gasteiger partial charge < -0.3 is 0 Å². The van der Waals surface area contributed by atoms with Gasteiger partial charge in [-0.15, -0.1) is 9.48 Å². The van der Waals surface area contributed by atoms with Gasteiger partial charge in [-0.25, -0.2) is 4.21 Å². The number of benzene rings is 2. The van der Waals surface area contributed by atoms with Crippen molar-refractivity contribution in [2.24, 2.45) is 4.47 Å². The summed E-state index contributed by atoms with van der Waals surface area (Å²) in [7, 11) is -3.06. The quantitative estimate of drug-likeness (QED) is 0.768. The molecule has 0 saturated heterocycles. The smallest absolute Gasteiger partial charge is 0.267 e. The molecule has 1 atom stereocenters. The van der Waals surface area contributed by atoms with Crippen LogP contribution >= 0.6 is 0 Å². The highest BCUT2D eigenvalue weighted by Crippen LogP contribution is 2.31. The molecule has 1 aliphatic rings. The number of hydrogen-bond acceptors (Lipinski definition) is 4. The van der Waals surface area contributed by atoms with Crippen molar-refractivity contribution < 1.29 is 13.8 Å². The van der Waals surface area contributed by atoms with Crippen molar-refractivity contribution in [3.05, 3.63) is 65.2 Å². The number of hydrogen-bond donors (Lipinski definition) is 0. The monoisotopic (exact) mass is 356 g/mol. The van der Waals surface area contributed by atoms with Crippen LogP contribution in [0.1, 0.15) is 47.1 Å². The molecule has 6 heteroatoms. The molecule has 0 N–H and O–H groups in total. The second-order valence-corrected chi connectivity index (χ2v) is 9.91. The van der Waals surface area contributed by atoms with Gasteiger partial charge in [0, 0.05) is 4.90 Å². The molecule has 0 radical (unpaired) electrons. The molecule has 0 unspecified atom stereocenters. The van der Waals surface area contributed by atoms with Crippen LogP contribution in [0.4, 0.5) is 0 Å². The highest BCUT2D eigenvalue weighted by Gasteiger charge is 2.39. The third-order valence-electron chi connectivity index (χ3n) is 4.14. The highest BCUT2D eigenvalue weighted by atomic mass is 32.2. The van der Waals surface area contributed by atoms with Crippen molar-refractivity contribution in [2.45, 2.75) is 37.3 Å². The number of rotatable bonds is 2. The summed E-state index contributed by atoms with van der Waals surface area (Å²) in [6.07, 6.45) is 0. The number of nitrogens with zero attached hydrogens (tertiary/aromatic N) is 2. The third kappa shape index (κ3) is 2.76. The average molecular weight is 356 g/mol. The molecule has 2 amide bonds. The van der Waals surface area contributed by atoms with Crippen molar-refractivity contribution in [3.63, 3.8) is 0 Å². The van der Waals surface area contributed by atoms with Gasteiger partial charge in [0.25, 0.3) is 11.8 Å². The average Bonchev–Trinajstić information content (AvgIpc) is 2.80. The predicted molar refractivity (Wildman–Crippen MR) is 96.7 cm³/mol. The minimum atomic E-state index is -3.06. The molecule has 0 spiro atoms. The highest BCUT2D eigenvalue weighted by molar-refractivity contribution is 7.95. The van der Waals surface area contributed by atoms with E-state index in [1.165, 1.54) is 0 Å². The van der Waals surface area contributed by atoms with Crippen LogP contribution in [0.15, 0.2) is 57.9 Å². The summed E-state index contributed by atoms with van der Waals surface area (Å²) < 4.78 is 17.3. The summed E-state index contributed by atoms with van der Waals surface area (Å²) >= 11 is 0. The van der Waals surface area contributed by atoms with Crippen LogP contribution in [0.3, 0.4) is 0 Å². The number of carbonyl (C=O) groups is 2. The Hall–Kier alpha value is -2.47.